The van der Waals surface area contributed by atoms with Gasteiger partial charge in [0.15, 0.2) is 0 Å². The fourth-order valence-corrected chi connectivity index (χ4v) is 12.7. The van der Waals surface area contributed by atoms with Crippen LogP contribution in [-0.2, 0) is 6.42 Å². The summed E-state index contributed by atoms with van der Waals surface area (Å²) in [4.78, 5) is 20.9. The van der Waals surface area contributed by atoms with Crippen LogP contribution in [0.5, 0.6) is 0 Å². The van der Waals surface area contributed by atoms with Crippen molar-refractivity contribution in [2.45, 2.75) is 6.42 Å². The molecular formula is C65H38ClN5S. The maximum Gasteiger partial charge on any atom is 0.235 e. The maximum atomic E-state index is 6.68. The molecule has 15 rings (SSSR count). The molecule has 4 heterocycles. The molecule has 11 aromatic carbocycles. The summed E-state index contributed by atoms with van der Waals surface area (Å²) in [6.07, 6.45) is 0.707. The molecule has 0 spiro atoms. The molecule has 0 N–H and O–H groups in total. The van der Waals surface area contributed by atoms with Crippen LogP contribution in [0.4, 0.5) is 0 Å². The van der Waals surface area contributed by atoms with Crippen molar-refractivity contribution in [3.63, 3.8) is 0 Å². The van der Waals surface area contributed by atoms with Gasteiger partial charge in [0, 0.05) is 80.1 Å². The Morgan fingerprint density at radius 2 is 0.917 bits per heavy atom. The number of aromatic nitrogens is 5. The van der Waals surface area contributed by atoms with E-state index in [0.717, 1.165) is 104 Å². The number of nitrogens with zero attached hydrogens (tertiary/aromatic N) is 5. The lowest BCUT2D eigenvalue weighted by Crippen LogP contribution is -2.05. The summed E-state index contributed by atoms with van der Waals surface area (Å²) in [6.45, 7) is 0. The van der Waals surface area contributed by atoms with Crippen LogP contribution in [0.1, 0.15) is 11.1 Å². The minimum absolute atomic E-state index is 0.233. The SMILES string of the molecule is Clc1nc(-c2ccccc2)c2ccc3ccc(Cc4ccc5ccc6c7cccc(-c8cccc9c8sc8ccccc89)c7n(-c7nc(-c8ccccc8)c8ccc9ccccc9c8n7)c6c5c4)cc3c2n1. The minimum atomic E-state index is 0.233. The van der Waals surface area contributed by atoms with Gasteiger partial charge in [0.1, 0.15) is 0 Å². The molecule has 0 saturated heterocycles. The first-order chi connectivity index (χ1) is 35.6. The van der Waals surface area contributed by atoms with E-state index in [4.69, 9.17) is 31.5 Å². The molecule has 0 radical (unpaired) electrons. The van der Waals surface area contributed by atoms with E-state index in [1.165, 1.54) is 36.9 Å². The third-order valence-corrected chi connectivity index (χ3v) is 15.9. The highest BCUT2D eigenvalue weighted by Gasteiger charge is 2.24. The van der Waals surface area contributed by atoms with Gasteiger partial charge in [0.05, 0.1) is 33.5 Å². The van der Waals surface area contributed by atoms with Gasteiger partial charge in [0.25, 0.3) is 0 Å². The van der Waals surface area contributed by atoms with Gasteiger partial charge < -0.3 is 0 Å². The van der Waals surface area contributed by atoms with Crippen LogP contribution in [0, 0.1) is 0 Å². The number of benzene rings is 11. The van der Waals surface area contributed by atoms with Gasteiger partial charge in [-0.15, -0.1) is 11.3 Å². The second-order valence-corrected chi connectivity index (χ2v) is 20.0. The zero-order valence-corrected chi connectivity index (χ0v) is 40.1. The first kappa shape index (κ1) is 41.0. The lowest BCUT2D eigenvalue weighted by molar-refractivity contribution is 1.02. The van der Waals surface area contributed by atoms with Crippen LogP contribution in [0.2, 0.25) is 5.28 Å². The van der Waals surface area contributed by atoms with Gasteiger partial charge in [-0.25, -0.2) is 19.9 Å². The van der Waals surface area contributed by atoms with Crippen molar-refractivity contribution in [3.8, 4) is 39.6 Å². The summed E-state index contributed by atoms with van der Waals surface area (Å²) in [6, 6.07) is 78.4. The zero-order chi connectivity index (χ0) is 47.4. The van der Waals surface area contributed by atoms with E-state index in [-0.39, 0.29) is 5.28 Å². The predicted molar refractivity (Wildman–Crippen MR) is 303 cm³/mol. The summed E-state index contributed by atoms with van der Waals surface area (Å²) < 4.78 is 4.91. The van der Waals surface area contributed by atoms with Gasteiger partial charge in [-0.1, -0.05) is 188 Å². The van der Waals surface area contributed by atoms with Crippen molar-refractivity contribution in [1.29, 1.82) is 0 Å². The molecule has 4 aromatic heterocycles. The number of hydrogen-bond acceptors (Lipinski definition) is 5. The number of thiophene rings is 1. The molecule has 0 atom stereocenters. The normalized spacial score (nSPS) is 12.0. The first-order valence-corrected chi connectivity index (χ1v) is 25.4. The van der Waals surface area contributed by atoms with E-state index in [1.807, 2.05) is 29.5 Å². The topological polar surface area (TPSA) is 56.5 Å². The molecule has 7 heteroatoms. The van der Waals surface area contributed by atoms with Crippen LogP contribution in [0.25, 0.3) is 136 Å². The Morgan fingerprint density at radius 3 is 1.67 bits per heavy atom. The van der Waals surface area contributed by atoms with E-state index < -0.39 is 0 Å². The molecule has 5 nitrogen and oxygen atoms in total. The lowest BCUT2D eigenvalue weighted by atomic mass is 9.96. The minimum Gasteiger partial charge on any atom is -0.277 e. The molecule has 0 amide bonds. The average molecular weight is 957 g/mol. The summed E-state index contributed by atoms with van der Waals surface area (Å²) in [7, 11) is 0. The Bertz CT molecular complexity index is 4730. The number of fused-ring (bicyclic) bond motifs is 14. The summed E-state index contributed by atoms with van der Waals surface area (Å²) in [5.74, 6) is 0.628. The van der Waals surface area contributed by atoms with E-state index in [9.17, 15) is 0 Å². The number of halogens is 1. The van der Waals surface area contributed by atoms with Gasteiger partial charge in [-0.3, -0.25) is 4.57 Å². The molecule has 0 aliphatic rings. The predicted octanol–water partition coefficient (Wildman–Crippen LogP) is 17.7. The van der Waals surface area contributed by atoms with Gasteiger partial charge in [-0.2, -0.15) is 0 Å². The van der Waals surface area contributed by atoms with E-state index in [1.54, 1.807) is 0 Å². The Labute approximate surface area is 421 Å². The molecule has 72 heavy (non-hydrogen) atoms. The van der Waals surface area contributed by atoms with Crippen LogP contribution in [0.3, 0.4) is 0 Å². The summed E-state index contributed by atoms with van der Waals surface area (Å²) in [5, 5.41) is 13.7. The molecule has 0 aliphatic carbocycles. The van der Waals surface area contributed by atoms with E-state index in [0.29, 0.717) is 12.4 Å². The number of para-hydroxylation sites is 1. The smallest absolute Gasteiger partial charge is 0.235 e. The first-order valence-electron chi connectivity index (χ1n) is 24.2. The zero-order valence-electron chi connectivity index (χ0n) is 38.5. The lowest BCUT2D eigenvalue weighted by Gasteiger charge is -2.16. The van der Waals surface area contributed by atoms with Crippen LogP contribution in [0.15, 0.2) is 218 Å². The van der Waals surface area contributed by atoms with Crippen molar-refractivity contribution in [2.75, 3.05) is 0 Å². The number of hydrogen-bond donors (Lipinski definition) is 0. The Kier molecular flexibility index (Phi) is 9.18. The maximum absolute atomic E-state index is 6.68. The quantitative estimate of drug-likeness (QED) is 0.123. The fraction of sp³-hybridized carbons (Fsp3) is 0.0154. The molecule has 336 valence electrons. The number of rotatable bonds is 6. The summed E-state index contributed by atoms with van der Waals surface area (Å²) in [5.41, 5.74) is 12.4. The highest BCUT2D eigenvalue weighted by Crippen LogP contribution is 2.46. The monoisotopic (exact) mass is 955 g/mol. The van der Waals surface area contributed by atoms with Crippen LogP contribution >= 0.6 is 22.9 Å². The van der Waals surface area contributed by atoms with Crippen LogP contribution < -0.4 is 0 Å². The van der Waals surface area contributed by atoms with Gasteiger partial charge >= 0.3 is 0 Å². The highest BCUT2D eigenvalue weighted by atomic mass is 35.5. The Hall–Kier alpha value is -8.81. The Morgan fingerprint density at radius 1 is 0.375 bits per heavy atom. The van der Waals surface area contributed by atoms with E-state index >= 15 is 0 Å². The van der Waals surface area contributed by atoms with Crippen LogP contribution in [-0.4, -0.2) is 24.5 Å². The van der Waals surface area contributed by atoms with Crippen molar-refractivity contribution >= 4 is 119 Å². The third kappa shape index (κ3) is 6.39. The fourth-order valence-electron chi connectivity index (χ4n) is 11.3. The van der Waals surface area contributed by atoms with Crippen molar-refractivity contribution in [2.24, 2.45) is 0 Å². The van der Waals surface area contributed by atoms with Gasteiger partial charge in [-0.05, 0) is 75.6 Å². The molecule has 15 aromatic rings. The average Bonchev–Trinajstić information content (AvgIpc) is 4.00. The molecule has 0 fully saturated rings. The van der Waals surface area contributed by atoms with E-state index in [2.05, 4.69) is 205 Å². The van der Waals surface area contributed by atoms with Crippen molar-refractivity contribution < 1.29 is 0 Å². The second-order valence-electron chi connectivity index (χ2n) is 18.7. The van der Waals surface area contributed by atoms with Crippen molar-refractivity contribution in [3.05, 3.63) is 235 Å². The standard InChI is InChI=1S/C65H38ClN5S/c66-64-67-57(43-14-3-1-4-15-43)52-34-31-41-27-25-38(36-54(41)60(52)68-64)35-39-26-28-42-29-32-49-47-20-11-21-48(51-23-12-22-50-46-19-9-10-24-56(46)72-63(50)51)61(47)71(62(49)55(42)37-39)65-69-58(44-16-5-2-6-17-44)53-33-30-40-13-7-8-18-45(40)59(53)70-65/h1-34,36-37H,35H2. The Balaban J connectivity index is 1.00. The molecule has 0 unspecified atom stereocenters. The summed E-state index contributed by atoms with van der Waals surface area (Å²) >= 11 is 8.54. The molecule has 0 saturated carbocycles. The third-order valence-electron chi connectivity index (χ3n) is 14.5. The molecule has 0 bridgehead atoms. The largest absolute Gasteiger partial charge is 0.277 e. The van der Waals surface area contributed by atoms with Gasteiger partial charge in [0.2, 0.25) is 11.2 Å². The van der Waals surface area contributed by atoms with Crippen molar-refractivity contribution in [1.82, 2.24) is 24.5 Å². The second kappa shape index (κ2) is 16.1. The molecule has 0 aliphatic heterocycles. The highest BCUT2D eigenvalue weighted by molar-refractivity contribution is 7.26. The molecular weight excluding hydrogens is 918 g/mol.